The van der Waals surface area contributed by atoms with Crippen LogP contribution in [0.2, 0.25) is 15.5 Å². The second-order valence-electron chi connectivity index (χ2n) is 3.76. The highest BCUT2D eigenvalue weighted by atomic mass is 35.5. The third kappa shape index (κ3) is 2.40. The number of fused-ring (bicyclic) bond motifs is 1. The molecule has 9 heteroatoms. The highest BCUT2D eigenvalue weighted by Gasteiger charge is 2.13. The predicted molar refractivity (Wildman–Crippen MR) is 80.8 cm³/mol. The van der Waals surface area contributed by atoms with Crippen LogP contribution in [0.1, 0.15) is 0 Å². The third-order valence-electron chi connectivity index (χ3n) is 2.47. The van der Waals surface area contributed by atoms with Gasteiger partial charge in [-0.3, -0.25) is 4.40 Å². The number of anilines is 1. The number of nitrogens with zero attached hydrogens (tertiary/aromatic N) is 4. The molecule has 3 aromatic heterocycles. The molecule has 0 unspecified atom stereocenters. The molecule has 0 saturated carbocycles. The van der Waals surface area contributed by atoms with Crippen molar-refractivity contribution in [2.75, 3.05) is 5.73 Å². The molecule has 0 aliphatic heterocycles. The van der Waals surface area contributed by atoms with E-state index < -0.39 is 0 Å². The molecule has 0 bridgehead atoms. The summed E-state index contributed by atoms with van der Waals surface area (Å²) in [5.41, 5.74) is 6.35. The smallest absolute Gasteiger partial charge is 0.208 e. The summed E-state index contributed by atoms with van der Waals surface area (Å²) >= 11 is 19.4. The van der Waals surface area contributed by atoms with E-state index in [0.717, 1.165) is 4.90 Å². The van der Waals surface area contributed by atoms with E-state index in [-0.39, 0.29) is 5.15 Å². The van der Waals surface area contributed by atoms with Gasteiger partial charge in [0, 0.05) is 23.5 Å². The molecular weight excluding hydrogens is 341 g/mol. The number of hydrogen-bond donors (Lipinski definition) is 1. The minimum Gasteiger partial charge on any atom is -0.384 e. The van der Waals surface area contributed by atoms with E-state index in [1.54, 1.807) is 29.1 Å². The molecule has 0 aliphatic carbocycles. The van der Waals surface area contributed by atoms with Crippen molar-refractivity contribution in [3.63, 3.8) is 0 Å². The minimum absolute atomic E-state index is 0.162. The van der Waals surface area contributed by atoms with Gasteiger partial charge in [0.25, 0.3) is 0 Å². The number of nitrogens with two attached hydrogens (primary N) is 1. The molecule has 20 heavy (non-hydrogen) atoms. The number of imidazole rings is 1. The lowest BCUT2D eigenvalue weighted by atomic mass is 10.5. The van der Waals surface area contributed by atoms with Crippen LogP contribution in [-0.4, -0.2) is 19.4 Å². The van der Waals surface area contributed by atoms with Crippen molar-refractivity contribution in [1.82, 2.24) is 19.4 Å². The molecule has 0 fully saturated rings. The highest BCUT2D eigenvalue weighted by Crippen LogP contribution is 2.38. The van der Waals surface area contributed by atoms with Gasteiger partial charge in [-0.15, -0.1) is 0 Å². The number of nitrogen functional groups attached to an aromatic ring is 1. The Labute approximate surface area is 133 Å². The van der Waals surface area contributed by atoms with E-state index in [4.69, 9.17) is 40.5 Å². The van der Waals surface area contributed by atoms with Crippen molar-refractivity contribution in [2.24, 2.45) is 0 Å². The lowest BCUT2D eigenvalue weighted by Crippen LogP contribution is -1.94. The maximum absolute atomic E-state index is 6.13. The second-order valence-corrected chi connectivity index (χ2v) is 5.92. The van der Waals surface area contributed by atoms with E-state index in [1.807, 2.05) is 0 Å². The Morgan fingerprint density at radius 3 is 2.75 bits per heavy atom. The van der Waals surface area contributed by atoms with Crippen molar-refractivity contribution in [3.8, 4) is 0 Å². The molecular formula is C11H6Cl3N5S. The maximum Gasteiger partial charge on any atom is 0.208 e. The van der Waals surface area contributed by atoms with Gasteiger partial charge < -0.3 is 5.73 Å². The van der Waals surface area contributed by atoms with Crippen LogP contribution in [0, 0.1) is 0 Å². The molecule has 5 nitrogen and oxygen atoms in total. The topological polar surface area (TPSA) is 69.1 Å². The maximum atomic E-state index is 6.13. The molecule has 3 rings (SSSR count). The van der Waals surface area contributed by atoms with Crippen LogP contribution in [0.3, 0.4) is 0 Å². The van der Waals surface area contributed by atoms with Crippen LogP contribution in [0.25, 0.3) is 5.65 Å². The first-order valence-electron chi connectivity index (χ1n) is 5.33. The molecule has 0 aliphatic rings. The van der Waals surface area contributed by atoms with Gasteiger partial charge >= 0.3 is 0 Å². The number of aromatic nitrogens is 4. The zero-order valence-corrected chi connectivity index (χ0v) is 12.8. The van der Waals surface area contributed by atoms with Crippen LogP contribution in [0.5, 0.6) is 0 Å². The summed E-state index contributed by atoms with van der Waals surface area (Å²) in [5, 5.41) is 0.834. The first kappa shape index (κ1) is 13.8. The number of rotatable bonds is 2. The van der Waals surface area contributed by atoms with Crippen molar-refractivity contribution in [1.29, 1.82) is 0 Å². The molecule has 0 spiro atoms. The summed E-state index contributed by atoms with van der Waals surface area (Å²) in [5.74, 6) is 0.295. The number of hydrogen-bond acceptors (Lipinski definition) is 5. The zero-order valence-electron chi connectivity index (χ0n) is 9.72. The van der Waals surface area contributed by atoms with E-state index in [9.17, 15) is 0 Å². The van der Waals surface area contributed by atoms with E-state index in [0.29, 0.717) is 26.7 Å². The monoisotopic (exact) mass is 345 g/mol. The van der Waals surface area contributed by atoms with Gasteiger partial charge in [0.2, 0.25) is 5.28 Å². The molecule has 0 amide bonds. The molecule has 0 aromatic carbocycles. The summed E-state index contributed by atoms with van der Waals surface area (Å²) < 4.78 is 1.67. The molecule has 2 N–H and O–H groups in total. The first-order chi connectivity index (χ1) is 9.56. The Kier molecular flexibility index (Phi) is 3.64. The number of halogens is 3. The number of pyridine rings is 1. The quantitative estimate of drug-likeness (QED) is 0.564. The van der Waals surface area contributed by atoms with Gasteiger partial charge in [-0.2, -0.15) is 0 Å². The molecule has 3 aromatic rings. The Bertz CT molecular complexity index is 804. The lowest BCUT2D eigenvalue weighted by Gasteiger charge is -2.07. The SMILES string of the molecule is Nc1cc(Sc2cnc(Cl)n3ccnc23)c(Cl)c(Cl)n1. The fraction of sp³-hybridized carbons (Fsp3) is 0. The fourth-order valence-electron chi connectivity index (χ4n) is 1.63. The summed E-state index contributed by atoms with van der Waals surface area (Å²) in [6.07, 6.45) is 4.99. The van der Waals surface area contributed by atoms with Gasteiger partial charge in [-0.1, -0.05) is 35.0 Å². The highest BCUT2D eigenvalue weighted by molar-refractivity contribution is 7.99. The Hall–Kier alpha value is -1.21. The lowest BCUT2D eigenvalue weighted by molar-refractivity contribution is 1.04. The summed E-state index contributed by atoms with van der Waals surface area (Å²) in [6, 6.07) is 1.65. The molecule has 102 valence electrons. The molecule has 3 heterocycles. The van der Waals surface area contributed by atoms with Gasteiger partial charge in [-0.05, 0) is 17.7 Å². The van der Waals surface area contributed by atoms with Crippen LogP contribution < -0.4 is 5.73 Å². The van der Waals surface area contributed by atoms with Gasteiger partial charge in [-0.25, -0.2) is 15.0 Å². The normalized spacial score (nSPS) is 11.2. The van der Waals surface area contributed by atoms with E-state index in [1.165, 1.54) is 11.8 Å². The fourth-order valence-corrected chi connectivity index (χ4v) is 3.23. The molecule has 0 atom stereocenters. The van der Waals surface area contributed by atoms with Gasteiger partial charge in [0.15, 0.2) is 10.8 Å². The van der Waals surface area contributed by atoms with Gasteiger partial charge in [0.05, 0.1) is 9.92 Å². The largest absolute Gasteiger partial charge is 0.384 e. The van der Waals surface area contributed by atoms with Crippen LogP contribution in [-0.2, 0) is 0 Å². The van der Waals surface area contributed by atoms with Crippen LogP contribution >= 0.6 is 46.6 Å². The molecule has 0 saturated heterocycles. The minimum atomic E-state index is 0.162. The second kappa shape index (κ2) is 5.29. The summed E-state index contributed by atoms with van der Waals surface area (Å²) in [6.45, 7) is 0. The first-order valence-corrected chi connectivity index (χ1v) is 7.28. The van der Waals surface area contributed by atoms with Gasteiger partial charge in [0.1, 0.15) is 5.82 Å². The Balaban J connectivity index is 2.10. The van der Waals surface area contributed by atoms with E-state index in [2.05, 4.69) is 15.0 Å². The molecule has 0 radical (unpaired) electrons. The Morgan fingerprint density at radius 2 is 1.95 bits per heavy atom. The van der Waals surface area contributed by atoms with E-state index >= 15 is 0 Å². The average Bonchev–Trinajstić information content (AvgIpc) is 2.89. The van der Waals surface area contributed by atoms with Crippen molar-refractivity contribution < 1.29 is 0 Å². The summed E-state index contributed by atoms with van der Waals surface area (Å²) in [4.78, 5) is 13.7. The zero-order chi connectivity index (χ0) is 14.3. The average molecular weight is 347 g/mol. The van der Waals surface area contributed by atoms with Crippen molar-refractivity contribution in [3.05, 3.63) is 40.1 Å². The summed E-state index contributed by atoms with van der Waals surface area (Å²) in [7, 11) is 0. The Morgan fingerprint density at radius 1 is 1.15 bits per heavy atom. The van der Waals surface area contributed by atoms with Crippen LogP contribution in [0.4, 0.5) is 5.82 Å². The predicted octanol–water partition coefficient (Wildman–Crippen LogP) is 3.82. The van der Waals surface area contributed by atoms with Crippen molar-refractivity contribution in [2.45, 2.75) is 9.79 Å². The third-order valence-corrected chi connectivity index (χ3v) is 4.67. The van der Waals surface area contributed by atoms with Crippen LogP contribution in [0.15, 0.2) is 34.4 Å². The standard InChI is InChI=1S/C11H6Cl3N5S/c12-8-5(3-7(15)18-9(8)13)20-6-4-17-11(14)19-2-1-16-10(6)19/h1-4H,(H2,15,18). The van der Waals surface area contributed by atoms with Crippen molar-refractivity contribution >= 4 is 58.0 Å².